The van der Waals surface area contributed by atoms with Crippen molar-refractivity contribution < 1.29 is 0 Å². The molecular formula is C19H41N5. The topological polar surface area (TPSA) is 42.9 Å². The molecule has 0 bridgehead atoms. The minimum absolute atomic E-state index is 0.390. The summed E-state index contributed by atoms with van der Waals surface area (Å²) >= 11 is 0. The van der Waals surface area contributed by atoms with E-state index in [1.165, 1.54) is 12.8 Å². The molecule has 1 rings (SSSR count). The molecule has 1 heterocycles. The van der Waals surface area contributed by atoms with Crippen LogP contribution in [0, 0.1) is 5.41 Å². The molecule has 0 aromatic carbocycles. The summed E-state index contributed by atoms with van der Waals surface area (Å²) < 4.78 is 0. The highest BCUT2D eigenvalue weighted by atomic mass is 15.3. The van der Waals surface area contributed by atoms with E-state index in [1.807, 2.05) is 0 Å². The first-order valence-electron chi connectivity index (χ1n) is 9.68. The zero-order valence-corrected chi connectivity index (χ0v) is 17.2. The molecule has 1 fully saturated rings. The molecule has 1 saturated heterocycles. The Morgan fingerprint density at radius 1 is 1.12 bits per heavy atom. The highest BCUT2D eigenvalue weighted by Crippen LogP contribution is 2.21. The fraction of sp³-hybridized carbons (Fsp3) is 0.947. The van der Waals surface area contributed by atoms with E-state index in [9.17, 15) is 0 Å². The van der Waals surface area contributed by atoms with E-state index >= 15 is 0 Å². The summed E-state index contributed by atoms with van der Waals surface area (Å²) in [6.45, 7) is 20.0. The number of likely N-dealkylation sites (N-methyl/N-ethyl adjacent to an activating group) is 1. The first kappa shape index (κ1) is 21.2. The molecule has 0 spiro atoms. The molecule has 0 saturated carbocycles. The first-order valence-corrected chi connectivity index (χ1v) is 9.68. The van der Waals surface area contributed by atoms with Gasteiger partial charge < -0.3 is 15.5 Å². The maximum atomic E-state index is 4.83. The minimum atomic E-state index is 0.390. The third kappa shape index (κ3) is 8.88. The SMILES string of the molecule is CCNC(=NCC(C)N1CCN(C)CC1)NC(C)CCC(C)(C)C. The lowest BCUT2D eigenvalue weighted by molar-refractivity contribution is 0.122. The van der Waals surface area contributed by atoms with Crippen molar-refractivity contribution in [2.45, 2.75) is 66.5 Å². The van der Waals surface area contributed by atoms with Crippen molar-refractivity contribution in [1.82, 2.24) is 20.4 Å². The largest absolute Gasteiger partial charge is 0.357 e. The smallest absolute Gasteiger partial charge is 0.191 e. The molecule has 0 aromatic rings. The zero-order valence-electron chi connectivity index (χ0n) is 17.2. The molecule has 142 valence electrons. The molecule has 5 nitrogen and oxygen atoms in total. The molecule has 2 unspecified atom stereocenters. The zero-order chi connectivity index (χ0) is 18.2. The Morgan fingerprint density at radius 2 is 1.75 bits per heavy atom. The van der Waals surface area contributed by atoms with Crippen LogP contribution in [0.15, 0.2) is 4.99 Å². The number of aliphatic imine (C=N–C) groups is 1. The van der Waals surface area contributed by atoms with Crippen LogP contribution >= 0.6 is 0 Å². The van der Waals surface area contributed by atoms with Crippen LogP contribution in [0.1, 0.15) is 54.4 Å². The van der Waals surface area contributed by atoms with E-state index in [-0.39, 0.29) is 0 Å². The molecular weight excluding hydrogens is 298 g/mol. The van der Waals surface area contributed by atoms with Crippen LogP contribution in [0.2, 0.25) is 0 Å². The number of hydrogen-bond acceptors (Lipinski definition) is 3. The standard InChI is InChI=1S/C19H41N5/c1-8-20-18(22-16(2)9-10-19(4,5)6)21-15-17(3)24-13-11-23(7)12-14-24/h16-17H,8-15H2,1-7H3,(H2,20,21,22). The summed E-state index contributed by atoms with van der Waals surface area (Å²) in [4.78, 5) is 9.78. The molecule has 0 aliphatic carbocycles. The van der Waals surface area contributed by atoms with Gasteiger partial charge in [-0.2, -0.15) is 0 Å². The summed E-state index contributed by atoms with van der Waals surface area (Å²) in [6, 6.07) is 0.944. The second-order valence-electron chi connectivity index (χ2n) is 8.55. The molecule has 2 atom stereocenters. The number of nitrogens with one attached hydrogen (secondary N) is 2. The quantitative estimate of drug-likeness (QED) is 0.552. The van der Waals surface area contributed by atoms with Gasteiger partial charge in [-0.3, -0.25) is 9.89 Å². The lowest BCUT2D eigenvalue weighted by Crippen LogP contribution is -2.49. The minimum Gasteiger partial charge on any atom is -0.357 e. The fourth-order valence-corrected chi connectivity index (χ4v) is 2.88. The van der Waals surface area contributed by atoms with Gasteiger partial charge in [-0.25, -0.2) is 0 Å². The van der Waals surface area contributed by atoms with Crippen LogP contribution in [0.5, 0.6) is 0 Å². The number of guanidine groups is 1. The van der Waals surface area contributed by atoms with Crippen LogP contribution in [0.3, 0.4) is 0 Å². The van der Waals surface area contributed by atoms with Crippen molar-refractivity contribution in [1.29, 1.82) is 0 Å². The Balaban J connectivity index is 2.46. The third-order valence-corrected chi connectivity index (χ3v) is 4.73. The molecule has 0 aromatic heterocycles. The van der Waals surface area contributed by atoms with Crippen molar-refractivity contribution in [2.24, 2.45) is 10.4 Å². The van der Waals surface area contributed by atoms with Crippen molar-refractivity contribution in [3.05, 3.63) is 0 Å². The van der Waals surface area contributed by atoms with E-state index in [4.69, 9.17) is 4.99 Å². The second-order valence-corrected chi connectivity index (χ2v) is 8.55. The molecule has 2 N–H and O–H groups in total. The van der Waals surface area contributed by atoms with Gasteiger partial charge in [0.2, 0.25) is 0 Å². The van der Waals surface area contributed by atoms with Crippen molar-refractivity contribution in [2.75, 3.05) is 46.3 Å². The Labute approximate surface area is 150 Å². The van der Waals surface area contributed by atoms with Gasteiger partial charge in [-0.1, -0.05) is 20.8 Å². The lowest BCUT2D eigenvalue weighted by atomic mass is 9.89. The summed E-state index contributed by atoms with van der Waals surface area (Å²) in [5.74, 6) is 0.958. The van der Waals surface area contributed by atoms with Gasteiger partial charge in [0, 0.05) is 44.8 Å². The van der Waals surface area contributed by atoms with Gasteiger partial charge in [0.1, 0.15) is 0 Å². The summed E-state index contributed by atoms with van der Waals surface area (Å²) in [6.07, 6.45) is 2.39. The van der Waals surface area contributed by atoms with Crippen molar-refractivity contribution in [3.63, 3.8) is 0 Å². The van der Waals surface area contributed by atoms with E-state index in [2.05, 4.69) is 69.0 Å². The summed E-state index contributed by atoms with van der Waals surface area (Å²) in [5.41, 5.74) is 0.390. The highest BCUT2D eigenvalue weighted by Gasteiger charge is 2.19. The molecule has 24 heavy (non-hydrogen) atoms. The Hall–Kier alpha value is -0.810. The number of nitrogens with zero attached hydrogens (tertiary/aromatic N) is 3. The molecule has 5 heteroatoms. The molecule has 1 aliphatic heterocycles. The average molecular weight is 340 g/mol. The van der Waals surface area contributed by atoms with E-state index in [0.29, 0.717) is 17.5 Å². The maximum absolute atomic E-state index is 4.83. The normalized spacial score (nSPS) is 20.7. The van der Waals surface area contributed by atoms with Gasteiger partial charge in [0.25, 0.3) is 0 Å². The van der Waals surface area contributed by atoms with Crippen molar-refractivity contribution in [3.8, 4) is 0 Å². The van der Waals surface area contributed by atoms with Crippen LogP contribution < -0.4 is 10.6 Å². The van der Waals surface area contributed by atoms with E-state index in [0.717, 1.165) is 45.2 Å². The van der Waals surface area contributed by atoms with Gasteiger partial charge in [-0.05, 0) is 46.1 Å². The van der Waals surface area contributed by atoms with Gasteiger partial charge in [0.05, 0.1) is 6.54 Å². The first-order chi connectivity index (χ1) is 11.2. The van der Waals surface area contributed by atoms with E-state index in [1.54, 1.807) is 0 Å². The predicted octanol–water partition coefficient (Wildman–Crippen LogP) is 2.39. The molecule has 1 aliphatic rings. The molecule has 0 radical (unpaired) electrons. The monoisotopic (exact) mass is 339 g/mol. The third-order valence-electron chi connectivity index (χ3n) is 4.73. The van der Waals surface area contributed by atoms with Crippen LogP contribution in [0.4, 0.5) is 0 Å². The van der Waals surface area contributed by atoms with Crippen LogP contribution in [-0.2, 0) is 0 Å². The summed E-state index contributed by atoms with van der Waals surface area (Å²) in [5, 5.41) is 6.96. The number of hydrogen-bond donors (Lipinski definition) is 2. The van der Waals surface area contributed by atoms with E-state index < -0.39 is 0 Å². The van der Waals surface area contributed by atoms with Crippen LogP contribution in [-0.4, -0.2) is 74.2 Å². The Morgan fingerprint density at radius 3 is 2.29 bits per heavy atom. The van der Waals surface area contributed by atoms with Gasteiger partial charge >= 0.3 is 0 Å². The number of piperazine rings is 1. The maximum Gasteiger partial charge on any atom is 0.191 e. The second kappa shape index (κ2) is 10.2. The van der Waals surface area contributed by atoms with Gasteiger partial charge in [0.15, 0.2) is 5.96 Å². The Kier molecular flexibility index (Phi) is 9.06. The van der Waals surface area contributed by atoms with Gasteiger partial charge in [-0.15, -0.1) is 0 Å². The highest BCUT2D eigenvalue weighted by molar-refractivity contribution is 5.80. The Bertz CT molecular complexity index is 366. The van der Waals surface area contributed by atoms with Crippen LogP contribution in [0.25, 0.3) is 0 Å². The predicted molar refractivity (Wildman–Crippen MR) is 106 cm³/mol. The summed E-state index contributed by atoms with van der Waals surface area (Å²) in [7, 11) is 2.20. The fourth-order valence-electron chi connectivity index (χ4n) is 2.88. The molecule has 0 amide bonds. The van der Waals surface area contributed by atoms with Crippen molar-refractivity contribution >= 4 is 5.96 Å². The number of rotatable bonds is 7. The lowest BCUT2D eigenvalue weighted by Gasteiger charge is -2.36. The average Bonchev–Trinajstić information content (AvgIpc) is 2.50.